The highest BCUT2D eigenvalue weighted by molar-refractivity contribution is 6.13. The van der Waals surface area contributed by atoms with Crippen LogP contribution in [0, 0.1) is 20.8 Å². The van der Waals surface area contributed by atoms with Crippen LogP contribution in [-0.4, -0.2) is 30.5 Å². The molecule has 8 nitrogen and oxygen atoms in total. The number of aryl methyl sites for hydroxylation is 3. The molecule has 36 heavy (non-hydrogen) atoms. The molecule has 0 saturated heterocycles. The fourth-order valence-electron chi connectivity index (χ4n) is 4.31. The molecule has 5 aromatic rings. The summed E-state index contributed by atoms with van der Waals surface area (Å²) < 4.78 is 9.46. The van der Waals surface area contributed by atoms with Crippen molar-refractivity contribution in [2.45, 2.75) is 41.0 Å². The van der Waals surface area contributed by atoms with Crippen molar-refractivity contribution >= 4 is 22.5 Å². The third kappa shape index (κ3) is 4.57. The molecule has 0 atom stereocenters. The lowest BCUT2D eigenvalue weighted by Gasteiger charge is -2.10. The van der Waals surface area contributed by atoms with Gasteiger partial charge in [0.05, 0.1) is 41.1 Å². The number of para-hydroxylation sites is 1. The number of hydrogen-bond donors (Lipinski definition) is 1. The molecule has 5 rings (SSSR count). The summed E-state index contributed by atoms with van der Waals surface area (Å²) >= 11 is 0. The number of nitrogens with zero attached hydrogens (tertiary/aromatic N) is 5. The highest BCUT2D eigenvalue weighted by Crippen LogP contribution is 2.28. The quantitative estimate of drug-likeness (QED) is 0.331. The van der Waals surface area contributed by atoms with Crippen LogP contribution in [0.3, 0.4) is 0 Å². The first-order chi connectivity index (χ1) is 17.4. The van der Waals surface area contributed by atoms with Crippen molar-refractivity contribution in [2.75, 3.05) is 5.32 Å². The smallest absolute Gasteiger partial charge is 0.256 e. The van der Waals surface area contributed by atoms with E-state index in [0.29, 0.717) is 16.9 Å². The van der Waals surface area contributed by atoms with Gasteiger partial charge >= 0.3 is 0 Å². The minimum Gasteiger partial charge on any atom is -0.471 e. The van der Waals surface area contributed by atoms with Gasteiger partial charge in [0.25, 0.3) is 5.91 Å². The zero-order valence-corrected chi connectivity index (χ0v) is 20.8. The Hall–Kier alpha value is -4.46. The zero-order chi connectivity index (χ0) is 25.2. The second kappa shape index (κ2) is 9.65. The summed E-state index contributed by atoms with van der Waals surface area (Å²) in [4.78, 5) is 18.2. The lowest BCUT2D eigenvalue weighted by atomic mass is 10.0. The minimum absolute atomic E-state index is 0.231. The number of anilines is 1. The fourth-order valence-corrected chi connectivity index (χ4v) is 4.31. The number of carbonyl (C=O) groups is 1. The number of benzene rings is 2. The zero-order valence-electron chi connectivity index (χ0n) is 20.8. The first kappa shape index (κ1) is 23.3. The van der Waals surface area contributed by atoms with Gasteiger partial charge in [0.2, 0.25) is 0 Å². The number of aromatic nitrogens is 5. The molecule has 2 aromatic carbocycles. The average Bonchev–Trinajstić information content (AvgIpc) is 3.48. The van der Waals surface area contributed by atoms with Gasteiger partial charge in [-0.3, -0.25) is 9.48 Å². The number of fused-ring (bicyclic) bond motifs is 1. The predicted molar refractivity (Wildman–Crippen MR) is 140 cm³/mol. The van der Waals surface area contributed by atoms with Crippen molar-refractivity contribution in [3.63, 3.8) is 0 Å². The van der Waals surface area contributed by atoms with Gasteiger partial charge in [-0.05, 0) is 51.5 Å². The molecule has 1 N–H and O–H groups in total. The molecule has 182 valence electrons. The van der Waals surface area contributed by atoms with E-state index in [4.69, 9.17) is 9.72 Å². The van der Waals surface area contributed by atoms with Gasteiger partial charge < -0.3 is 10.1 Å². The maximum atomic E-state index is 13.4. The van der Waals surface area contributed by atoms with Gasteiger partial charge in [-0.25, -0.2) is 9.67 Å². The van der Waals surface area contributed by atoms with E-state index in [1.807, 2.05) is 74.8 Å². The van der Waals surface area contributed by atoms with Gasteiger partial charge in [-0.2, -0.15) is 10.2 Å². The third-order valence-corrected chi connectivity index (χ3v) is 6.21. The van der Waals surface area contributed by atoms with E-state index >= 15 is 0 Å². The Morgan fingerprint density at radius 2 is 1.86 bits per heavy atom. The number of nitrogens with one attached hydrogen (secondary N) is 1. The van der Waals surface area contributed by atoms with Crippen molar-refractivity contribution in [2.24, 2.45) is 0 Å². The Labute approximate surface area is 209 Å². The van der Waals surface area contributed by atoms with Crippen LogP contribution in [0.2, 0.25) is 0 Å². The average molecular weight is 481 g/mol. The van der Waals surface area contributed by atoms with Gasteiger partial charge in [-0.15, -0.1) is 0 Å². The number of carbonyl (C=O) groups excluding carboxylic acids is 1. The number of hydrogen-bond acceptors (Lipinski definition) is 5. The minimum atomic E-state index is -0.231. The summed E-state index contributed by atoms with van der Waals surface area (Å²) in [6.45, 7) is 9.12. The Morgan fingerprint density at radius 1 is 1.03 bits per heavy atom. The van der Waals surface area contributed by atoms with Crippen LogP contribution in [0.4, 0.5) is 5.69 Å². The molecular weight excluding hydrogens is 452 g/mol. The van der Waals surface area contributed by atoms with E-state index in [1.165, 1.54) is 5.56 Å². The monoisotopic (exact) mass is 480 g/mol. The molecule has 0 aliphatic carbocycles. The Kier molecular flexibility index (Phi) is 6.25. The van der Waals surface area contributed by atoms with Crippen LogP contribution in [0.5, 0.6) is 5.75 Å². The molecular formula is C28H28N6O2. The second-order valence-corrected chi connectivity index (χ2v) is 8.80. The van der Waals surface area contributed by atoms with Crippen molar-refractivity contribution in [1.82, 2.24) is 24.5 Å². The van der Waals surface area contributed by atoms with Crippen molar-refractivity contribution in [3.05, 3.63) is 89.5 Å². The molecule has 1 amide bonds. The Morgan fingerprint density at radius 3 is 2.64 bits per heavy atom. The predicted octanol–water partition coefficient (Wildman–Crippen LogP) is 5.53. The van der Waals surface area contributed by atoms with Crippen LogP contribution in [0.1, 0.15) is 34.1 Å². The lowest BCUT2D eigenvalue weighted by Crippen LogP contribution is -2.13. The van der Waals surface area contributed by atoms with E-state index in [0.717, 1.165) is 40.0 Å². The van der Waals surface area contributed by atoms with Crippen LogP contribution in [0.15, 0.2) is 67.1 Å². The molecule has 0 radical (unpaired) electrons. The second-order valence-electron chi connectivity index (χ2n) is 8.80. The SMILES string of the molecule is CCn1ncc(-c2cc(C(=O)Nc3cnn(COc4ccc(C)cc4C)c3)c3ccccc3n2)c1C. The van der Waals surface area contributed by atoms with Crippen LogP contribution >= 0.6 is 0 Å². The summed E-state index contributed by atoms with van der Waals surface area (Å²) in [5.74, 6) is 0.574. The number of rotatable bonds is 7. The normalized spacial score (nSPS) is 11.1. The van der Waals surface area contributed by atoms with Crippen LogP contribution < -0.4 is 10.1 Å². The van der Waals surface area contributed by atoms with E-state index in [2.05, 4.69) is 21.6 Å². The van der Waals surface area contributed by atoms with E-state index in [1.54, 1.807) is 23.3 Å². The summed E-state index contributed by atoms with van der Waals surface area (Å²) in [5.41, 5.74) is 6.76. The Bertz CT molecular complexity index is 1570. The molecule has 0 fully saturated rings. The van der Waals surface area contributed by atoms with Gasteiger partial charge in [0.15, 0.2) is 6.73 Å². The lowest BCUT2D eigenvalue weighted by molar-refractivity contribution is 0.102. The van der Waals surface area contributed by atoms with E-state index in [9.17, 15) is 4.79 Å². The molecule has 0 unspecified atom stereocenters. The highest BCUT2D eigenvalue weighted by atomic mass is 16.5. The molecule has 0 saturated carbocycles. The fraction of sp³-hybridized carbons (Fsp3) is 0.214. The molecule has 8 heteroatoms. The van der Waals surface area contributed by atoms with Crippen LogP contribution in [0.25, 0.3) is 22.2 Å². The number of ether oxygens (including phenoxy) is 1. The standard InChI is InChI=1S/C28H28N6O2/c1-5-34-20(4)24(15-30-34)26-13-23(22-8-6-7-9-25(22)32-26)28(35)31-21-14-29-33(16-21)17-36-27-11-10-18(2)12-19(27)3/h6-16H,5,17H2,1-4H3,(H,31,35). The van der Waals surface area contributed by atoms with Crippen molar-refractivity contribution in [3.8, 4) is 17.0 Å². The Balaban J connectivity index is 1.38. The number of amides is 1. The maximum Gasteiger partial charge on any atom is 0.256 e. The van der Waals surface area contributed by atoms with Crippen LogP contribution in [-0.2, 0) is 13.3 Å². The topological polar surface area (TPSA) is 86.9 Å². The van der Waals surface area contributed by atoms with E-state index < -0.39 is 0 Å². The summed E-state index contributed by atoms with van der Waals surface area (Å²) in [6, 6.07) is 15.5. The van der Waals surface area contributed by atoms with Crippen molar-refractivity contribution < 1.29 is 9.53 Å². The van der Waals surface area contributed by atoms with Crippen molar-refractivity contribution in [1.29, 1.82) is 0 Å². The first-order valence-corrected chi connectivity index (χ1v) is 11.9. The third-order valence-electron chi connectivity index (χ3n) is 6.21. The summed E-state index contributed by atoms with van der Waals surface area (Å²) in [5, 5.41) is 12.5. The van der Waals surface area contributed by atoms with E-state index in [-0.39, 0.29) is 12.6 Å². The molecule has 0 spiro atoms. The first-order valence-electron chi connectivity index (χ1n) is 11.9. The molecule has 0 aliphatic heterocycles. The number of pyridine rings is 1. The molecule has 3 heterocycles. The summed E-state index contributed by atoms with van der Waals surface area (Å²) in [7, 11) is 0. The summed E-state index contributed by atoms with van der Waals surface area (Å²) in [6.07, 6.45) is 5.17. The highest BCUT2D eigenvalue weighted by Gasteiger charge is 2.17. The maximum absolute atomic E-state index is 13.4. The molecule has 0 bridgehead atoms. The van der Waals surface area contributed by atoms with Gasteiger partial charge in [0.1, 0.15) is 5.75 Å². The largest absolute Gasteiger partial charge is 0.471 e. The van der Waals surface area contributed by atoms with Gasteiger partial charge in [0, 0.05) is 23.2 Å². The van der Waals surface area contributed by atoms with Gasteiger partial charge in [-0.1, -0.05) is 35.9 Å². The molecule has 3 aromatic heterocycles. The molecule has 0 aliphatic rings.